The van der Waals surface area contributed by atoms with E-state index in [0.29, 0.717) is 19.2 Å². The molecule has 16 heavy (non-hydrogen) atoms. The molecular weight excluding hydrogens is 268 g/mol. The van der Waals surface area contributed by atoms with Crippen molar-refractivity contribution < 1.29 is 4.74 Å². The third kappa shape index (κ3) is 3.20. The molecule has 1 unspecified atom stereocenters. The van der Waals surface area contributed by atoms with Crippen molar-refractivity contribution >= 4 is 21.6 Å². The van der Waals surface area contributed by atoms with E-state index in [1.807, 2.05) is 6.07 Å². The molecule has 0 amide bonds. The molecule has 0 saturated carbocycles. The highest BCUT2D eigenvalue weighted by Gasteiger charge is 2.12. The van der Waals surface area contributed by atoms with Crippen molar-refractivity contribution in [3.63, 3.8) is 0 Å². The summed E-state index contributed by atoms with van der Waals surface area (Å²) in [6.07, 6.45) is 0. The molecule has 1 aromatic rings. The Morgan fingerprint density at radius 2 is 2.19 bits per heavy atom. The lowest BCUT2D eigenvalue weighted by Gasteiger charge is -2.28. The zero-order chi connectivity index (χ0) is 12.1. The van der Waals surface area contributed by atoms with Crippen LogP contribution in [0.4, 0.5) is 5.69 Å². The average molecular weight is 287 g/mol. The second-order valence-corrected chi connectivity index (χ2v) is 4.81. The number of hydrogen-bond donors (Lipinski definition) is 1. The number of rotatable bonds is 5. The Labute approximate surface area is 106 Å². The van der Waals surface area contributed by atoms with Gasteiger partial charge in [-0.05, 0) is 30.7 Å². The van der Waals surface area contributed by atoms with Crippen molar-refractivity contribution in [3.8, 4) is 0 Å². The first-order chi connectivity index (χ1) is 7.60. The highest BCUT2D eigenvalue weighted by Crippen LogP contribution is 2.24. The minimum atomic E-state index is 0.330. The molecule has 2 N–H and O–H groups in total. The van der Waals surface area contributed by atoms with Crippen LogP contribution in [0.2, 0.25) is 0 Å². The molecule has 0 heterocycles. The second-order valence-electron chi connectivity index (χ2n) is 3.89. The second kappa shape index (κ2) is 6.23. The van der Waals surface area contributed by atoms with Gasteiger partial charge in [0.1, 0.15) is 0 Å². The summed E-state index contributed by atoms with van der Waals surface area (Å²) in [6.45, 7) is 3.38. The summed E-state index contributed by atoms with van der Waals surface area (Å²) in [6, 6.07) is 6.50. The van der Waals surface area contributed by atoms with Gasteiger partial charge in [0.05, 0.1) is 6.61 Å². The molecule has 0 aliphatic rings. The molecule has 0 radical (unpaired) electrons. The Kier molecular flexibility index (Phi) is 5.25. The normalized spacial score (nSPS) is 12.6. The summed E-state index contributed by atoms with van der Waals surface area (Å²) in [5.41, 5.74) is 8.05. The van der Waals surface area contributed by atoms with Gasteiger partial charge in [-0.2, -0.15) is 0 Å². The van der Waals surface area contributed by atoms with Gasteiger partial charge >= 0.3 is 0 Å². The maximum Gasteiger partial charge on any atom is 0.0663 e. The summed E-state index contributed by atoms with van der Waals surface area (Å²) >= 11 is 3.46. The SMILES string of the molecule is COCC(C)N(C)c1ccc(Br)cc1CN. The number of likely N-dealkylation sites (N-methyl/N-ethyl adjacent to an activating group) is 1. The van der Waals surface area contributed by atoms with Crippen molar-refractivity contribution in [1.29, 1.82) is 0 Å². The topological polar surface area (TPSA) is 38.5 Å². The van der Waals surface area contributed by atoms with E-state index < -0.39 is 0 Å². The van der Waals surface area contributed by atoms with Crippen LogP contribution in [-0.4, -0.2) is 26.8 Å². The van der Waals surface area contributed by atoms with Crippen LogP contribution in [0.1, 0.15) is 12.5 Å². The molecule has 0 aromatic heterocycles. The molecule has 0 aliphatic carbocycles. The number of nitrogens with two attached hydrogens (primary N) is 1. The van der Waals surface area contributed by atoms with Crippen molar-refractivity contribution in [3.05, 3.63) is 28.2 Å². The average Bonchev–Trinajstić information content (AvgIpc) is 2.28. The van der Waals surface area contributed by atoms with Crippen LogP contribution in [0, 0.1) is 0 Å². The molecule has 0 aliphatic heterocycles. The van der Waals surface area contributed by atoms with E-state index in [1.165, 1.54) is 0 Å². The summed E-state index contributed by atoms with van der Waals surface area (Å²) in [4.78, 5) is 2.19. The minimum Gasteiger partial charge on any atom is -0.383 e. The summed E-state index contributed by atoms with van der Waals surface area (Å²) in [7, 11) is 3.78. The van der Waals surface area contributed by atoms with Gasteiger partial charge in [-0.15, -0.1) is 0 Å². The van der Waals surface area contributed by atoms with Crippen molar-refractivity contribution in [1.82, 2.24) is 0 Å². The number of ether oxygens (including phenoxy) is 1. The number of nitrogens with zero attached hydrogens (tertiary/aromatic N) is 1. The molecule has 0 bridgehead atoms. The Hall–Kier alpha value is -0.580. The third-order valence-electron chi connectivity index (χ3n) is 2.71. The van der Waals surface area contributed by atoms with Crippen LogP contribution in [0.15, 0.2) is 22.7 Å². The first-order valence-electron chi connectivity index (χ1n) is 5.30. The van der Waals surface area contributed by atoms with E-state index in [1.54, 1.807) is 7.11 Å². The molecule has 1 atom stereocenters. The van der Waals surface area contributed by atoms with Crippen LogP contribution in [-0.2, 0) is 11.3 Å². The highest BCUT2D eigenvalue weighted by atomic mass is 79.9. The number of hydrogen-bond acceptors (Lipinski definition) is 3. The molecule has 0 spiro atoms. The van der Waals surface area contributed by atoms with E-state index in [0.717, 1.165) is 15.7 Å². The molecule has 3 nitrogen and oxygen atoms in total. The Bertz CT molecular complexity index is 344. The Morgan fingerprint density at radius 1 is 1.50 bits per heavy atom. The van der Waals surface area contributed by atoms with Gasteiger partial charge in [-0.25, -0.2) is 0 Å². The molecule has 0 saturated heterocycles. The van der Waals surface area contributed by atoms with Crippen LogP contribution >= 0.6 is 15.9 Å². The minimum absolute atomic E-state index is 0.330. The van der Waals surface area contributed by atoms with Crippen molar-refractivity contribution in [2.75, 3.05) is 25.7 Å². The van der Waals surface area contributed by atoms with E-state index in [9.17, 15) is 0 Å². The molecular formula is C12H19BrN2O. The zero-order valence-corrected chi connectivity index (χ0v) is 11.6. The van der Waals surface area contributed by atoms with E-state index >= 15 is 0 Å². The predicted octanol–water partition coefficient (Wildman–Crippen LogP) is 2.38. The maximum absolute atomic E-state index is 5.75. The fourth-order valence-electron chi connectivity index (χ4n) is 1.65. The molecule has 1 aromatic carbocycles. The van der Waals surface area contributed by atoms with E-state index in [-0.39, 0.29) is 0 Å². The predicted molar refractivity (Wildman–Crippen MR) is 71.8 cm³/mol. The van der Waals surface area contributed by atoms with Gasteiger partial charge < -0.3 is 15.4 Å². The highest BCUT2D eigenvalue weighted by molar-refractivity contribution is 9.10. The van der Waals surface area contributed by atoms with Gasteiger partial charge in [-0.1, -0.05) is 15.9 Å². The number of anilines is 1. The molecule has 0 fully saturated rings. The van der Waals surface area contributed by atoms with Crippen LogP contribution in [0.3, 0.4) is 0 Å². The Balaban J connectivity index is 2.93. The number of halogens is 1. The monoisotopic (exact) mass is 286 g/mol. The standard InChI is InChI=1S/C12H19BrN2O/c1-9(8-16-3)15(2)12-5-4-11(13)6-10(12)7-14/h4-6,9H,7-8,14H2,1-3H3. The van der Waals surface area contributed by atoms with Gasteiger partial charge in [0.25, 0.3) is 0 Å². The summed E-state index contributed by atoms with van der Waals surface area (Å²) < 4.78 is 6.22. The third-order valence-corrected chi connectivity index (χ3v) is 3.20. The van der Waals surface area contributed by atoms with E-state index in [2.05, 4.69) is 46.9 Å². The quantitative estimate of drug-likeness (QED) is 0.903. The molecule has 4 heteroatoms. The van der Waals surface area contributed by atoms with Gasteiger partial charge in [-0.3, -0.25) is 0 Å². The van der Waals surface area contributed by atoms with Gasteiger partial charge in [0, 0.05) is 36.9 Å². The van der Waals surface area contributed by atoms with E-state index in [4.69, 9.17) is 10.5 Å². The lowest BCUT2D eigenvalue weighted by atomic mass is 10.1. The fourth-order valence-corrected chi connectivity index (χ4v) is 2.06. The van der Waals surface area contributed by atoms with Gasteiger partial charge in [0.15, 0.2) is 0 Å². The zero-order valence-electron chi connectivity index (χ0n) is 10.0. The molecule has 1 rings (SSSR count). The number of benzene rings is 1. The fraction of sp³-hybridized carbons (Fsp3) is 0.500. The van der Waals surface area contributed by atoms with Crippen LogP contribution in [0.25, 0.3) is 0 Å². The largest absolute Gasteiger partial charge is 0.383 e. The lowest BCUT2D eigenvalue weighted by Crippen LogP contribution is -2.33. The van der Waals surface area contributed by atoms with Crippen molar-refractivity contribution in [2.45, 2.75) is 19.5 Å². The smallest absolute Gasteiger partial charge is 0.0663 e. The van der Waals surface area contributed by atoms with Crippen LogP contribution in [0.5, 0.6) is 0 Å². The Morgan fingerprint density at radius 3 is 2.75 bits per heavy atom. The summed E-state index contributed by atoms with van der Waals surface area (Å²) in [5.74, 6) is 0. The summed E-state index contributed by atoms with van der Waals surface area (Å²) in [5, 5.41) is 0. The first kappa shape index (κ1) is 13.5. The van der Waals surface area contributed by atoms with Crippen molar-refractivity contribution in [2.24, 2.45) is 5.73 Å². The number of methoxy groups -OCH3 is 1. The molecule has 90 valence electrons. The van der Waals surface area contributed by atoms with Crippen LogP contribution < -0.4 is 10.6 Å². The van der Waals surface area contributed by atoms with Gasteiger partial charge in [0.2, 0.25) is 0 Å². The first-order valence-corrected chi connectivity index (χ1v) is 6.09. The maximum atomic E-state index is 5.75. The lowest BCUT2D eigenvalue weighted by molar-refractivity contribution is 0.183.